The Morgan fingerprint density at radius 3 is 2.70 bits per heavy atom. The molecule has 0 heterocycles. The predicted octanol–water partition coefficient (Wildman–Crippen LogP) is -0.135. The zero-order chi connectivity index (χ0) is 7.82. The Morgan fingerprint density at radius 1 is 1.60 bits per heavy atom. The van der Waals surface area contributed by atoms with Crippen LogP contribution >= 0.6 is 0 Å². The van der Waals surface area contributed by atoms with Crippen LogP contribution in [0.25, 0.3) is 0 Å². The molecule has 0 unspecified atom stereocenters. The largest absolute Gasteiger partial charge is 0.395 e. The maximum atomic E-state index is 8.49. The van der Waals surface area contributed by atoms with E-state index in [0.29, 0.717) is 19.5 Å². The molecule has 0 radical (unpaired) electrons. The Bertz CT molecular complexity index is 109. The van der Waals surface area contributed by atoms with Crippen LogP contribution in [0.1, 0.15) is 6.42 Å². The maximum Gasteiger partial charge on any atom is 0.0581 e. The minimum atomic E-state index is 0.0956. The van der Waals surface area contributed by atoms with Gasteiger partial charge in [0.25, 0.3) is 0 Å². The van der Waals surface area contributed by atoms with Crippen molar-refractivity contribution in [1.29, 1.82) is 0 Å². The summed E-state index contributed by atoms with van der Waals surface area (Å²) in [4.78, 5) is 4.87. The summed E-state index contributed by atoms with van der Waals surface area (Å²) in [5, 5.41) is 10.1. The number of rotatable bonds is 5. The van der Waals surface area contributed by atoms with Gasteiger partial charge in [-0.1, -0.05) is 0 Å². The van der Waals surface area contributed by atoms with E-state index in [2.05, 4.69) is 5.92 Å². The lowest BCUT2D eigenvalue weighted by Gasteiger charge is -2.16. The van der Waals surface area contributed by atoms with Crippen molar-refractivity contribution in [3.8, 4) is 12.3 Å². The Balaban J connectivity index is 3.32. The van der Waals surface area contributed by atoms with Crippen LogP contribution in [0.3, 0.4) is 0 Å². The molecule has 0 spiro atoms. The summed E-state index contributed by atoms with van der Waals surface area (Å²) >= 11 is 0. The molecule has 0 bridgehead atoms. The third kappa shape index (κ3) is 4.33. The van der Waals surface area contributed by atoms with E-state index >= 15 is 0 Å². The minimum Gasteiger partial charge on any atom is -0.395 e. The van der Waals surface area contributed by atoms with E-state index in [1.165, 1.54) is 0 Å². The number of hydrogen-bond donors (Lipinski definition) is 1. The van der Waals surface area contributed by atoms with Crippen LogP contribution in [0.2, 0.25) is 0 Å². The van der Waals surface area contributed by atoms with Crippen LogP contribution in [0, 0.1) is 12.3 Å². The second kappa shape index (κ2) is 6.56. The van der Waals surface area contributed by atoms with Crippen molar-refractivity contribution < 1.29 is 9.94 Å². The molecule has 0 atom stereocenters. The van der Waals surface area contributed by atoms with Gasteiger partial charge in [-0.15, -0.1) is 12.3 Å². The highest BCUT2D eigenvalue weighted by atomic mass is 16.7. The van der Waals surface area contributed by atoms with Crippen LogP contribution in [-0.4, -0.2) is 37.0 Å². The molecule has 10 heavy (non-hydrogen) atoms. The molecular formula is C7H13NO2. The molecule has 0 saturated carbocycles. The van der Waals surface area contributed by atoms with Gasteiger partial charge in [0, 0.05) is 19.5 Å². The van der Waals surface area contributed by atoms with E-state index in [1.807, 2.05) is 0 Å². The van der Waals surface area contributed by atoms with Gasteiger partial charge in [0.1, 0.15) is 0 Å². The quantitative estimate of drug-likeness (QED) is 0.429. The Labute approximate surface area is 61.5 Å². The van der Waals surface area contributed by atoms with Crippen molar-refractivity contribution in [2.24, 2.45) is 0 Å². The highest BCUT2D eigenvalue weighted by Gasteiger charge is 1.98. The third-order valence-electron chi connectivity index (χ3n) is 1.11. The third-order valence-corrected chi connectivity index (χ3v) is 1.11. The average Bonchev–Trinajstić information content (AvgIpc) is 1.98. The predicted molar refractivity (Wildman–Crippen MR) is 39.1 cm³/mol. The standard InChI is InChI=1S/C7H13NO2/c1-3-4-5-8(10-2)6-7-9/h1,9H,4-7H2,2H3. The lowest BCUT2D eigenvalue weighted by atomic mass is 10.4. The van der Waals surface area contributed by atoms with E-state index in [9.17, 15) is 0 Å². The van der Waals surface area contributed by atoms with Gasteiger partial charge < -0.3 is 9.94 Å². The van der Waals surface area contributed by atoms with Crippen molar-refractivity contribution in [1.82, 2.24) is 5.06 Å². The molecule has 0 aromatic rings. The van der Waals surface area contributed by atoms with Crippen LogP contribution in [0.15, 0.2) is 0 Å². The van der Waals surface area contributed by atoms with Gasteiger partial charge in [0.15, 0.2) is 0 Å². The van der Waals surface area contributed by atoms with Crippen molar-refractivity contribution in [3.05, 3.63) is 0 Å². The smallest absolute Gasteiger partial charge is 0.0581 e. The van der Waals surface area contributed by atoms with Crippen LogP contribution < -0.4 is 0 Å². The van der Waals surface area contributed by atoms with Crippen LogP contribution in [0.4, 0.5) is 0 Å². The Morgan fingerprint density at radius 2 is 2.30 bits per heavy atom. The van der Waals surface area contributed by atoms with E-state index < -0.39 is 0 Å². The van der Waals surface area contributed by atoms with E-state index in [0.717, 1.165) is 0 Å². The van der Waals surface area contributed by atoms with Crippen molar-refractivity contribution in [3.63, 3.8) is 0 Å². The lowest BCUT2D eigenvalue weighted by molar-refractivity contribution is -0.135. The summed E-state index contributed by atoms with van der Waals surface area (Å²) in [5.74, 6) is 2.49. The lowest BCUT2D eigenvalue weighted by Crippen LogP contribution is -2.26. The summed E-state index contributed by atoms with van der Waals surface area (Å²) in [6, 6.07) is 0. The van der Waals surface area contributed by atoms with Crippen molar-refractivity contribution in [2.45, 2.75) is 6.42 Å². The molecule has 0 rings (SSSR count). The molecule has 0 aromatic heterocycles. The molecule has 0 aromatic carbocycles. The highest BCUT2D eigenvalue weighted by Crippen LogP contribution is 1.88. The molecule has 0 aliphatic carbocycles. The van der Waals surface area contributed by atoms with Gasteiger partial charge in [-0.3, -0.25) is 0 Å². The SMILES string of the molecule is C#CCCN(CCO)OC. The molecular weight excluding hydrogens is 130 g/mol. The van der Waals surface area contributed by atoms with Gasteiger partial charge in [-0.2, -0.15) is 5.06 Å². The molecule has 58 valence electrons. The van der Waals surface area contributed by atoms with E-state index in [4.69, 9.17) is 16.4 Å². The fourth-order valence-electron chi connectivity index (χ4n) is 0.595. The number of terminal acetylenes is 1. The minimum absolute atomic E-state index is 0.0956. The molecule has 0 aliphatic rings. The summed E-state index contributed by atoms with van der Waals surface area (Å²) in [5.41, 5.74) is 0. The summed E-state index contributed by atoms with van der Waals surface area (Å²) in [7, 11) is 1.56. The second-order valence-electron chi connectivity index (χ2n) is 1.79. The molecule has 3 heteroatoms. The molecule has 0 saturated heterocycles. The fourth-order valence-corrected chi connectivity index (χ4v) is 0.595. The zero-order valence-electron chi connectivity index (χ0n) is 6.21. The number of hydrogen-bond acceptors (Lipinski definition) is 3. The first kappa shape index (κ1) is 9.44. The first-order valence-corrected chi connectivity index (χ1v) is 3.18. The van der Waals surface area contributed by atoms with Gasteiger partial charge in [-0.25, -0.2) is 0 Å². The van der Waals surface area contributed by atoms with Gasteiger partial charge in [0.2, 0.25) is 0 Å². The Hall–Kier alpha value is -0.560. The zero-order valence-corrected chi connectivity index (χ0v) is 6.21. The number of aliphatic hydroxyl groups is 1. The molecule has 0 fully saturated rings. The van der Waals surface area contributed by atoms with E-state index in [1.54, 1.807) is 12.2 Å². The maximum absolute atomic E-state index is 8.49. The first-order valence-electron chi connectivity index (χ1n) is 3.18. The van der Waals surface area contributed by atoms with E-state index in [-0.39, 0.29) is 6.61 Å². The number of nitrogens with zero attached hydrogens (tertiary/aromatic N) is 1. The molecule has 0 aliphatic heterocycles. The monoisotopic (exact) mass is 143 g/mol. The summed E-state index contributed by atoms with van der Waals surface area (Å²) < 4.78 is 0. The summed E-state index contributed by atoms with van der Waals surface area (Å²) in [6.07, 6.45) is 5.68. The number of hydroxylamine groups is 2. The average molecular weight is 143 g/mol. The van der Waals surface area contributed by atoms with Crippen LogP contribution in [0.5, 0.6) is 0 Å². The molecule has 1 N–H and O–H groups in total. The van der Waals surface area contributed by atoms with Gasteiger partial charge >= 0.3 is 0 Å². The topological polar surface area (TPSA) is 32.7 Å². The first-order chi connectivity index (χ1) is 4.85. The normalized spacial score (nSPS) is 9.80. The molecule has 3 nitrogen and oxygen atoms in total. The Kier molecular flexibility index (Phi) is 6.19. The molecule has 0 amide bonds. The highest BCUT2D eigenvalue weighted by molar-refractivity contribution is 4.83. The fraction of sp³-hybridized carbons (Fsp3) is 0.714. The van der Waals surface area contributed by atoms with Crippen molar-refractivity contribution in [2.75, 3.05) is 26.8 Å². The summed E-state index contributed by atoms with van der Waals surface area (Å²) in [6.45, 7) is 1.28. The van der Waals surface area contributed by atoms with Gasteiger partial charge in [-0.05, 0) is 0 Å². The second-order valence-corrected chi connectivity index (χ2v) is 1.79. The number of aliphatic hydroxyl groups excluding tert-OH is 1. The van der Waals surface area contributed by atoms with Crippen molar-refractivity contribution >= 4 is 0 Å². The van der Waals surface area contributed by atoms with Crippen LogP contribution in [-0.2, 0) is 4.84 Å². The van der Waals surface area contributed by atoms with Gasteiger partial charge in [0.05, 0.1) is 13.7 Å².